The first kappa shape index (κ1) is 17.0. The monoisotopic (exact) mass is 333 g/mol. The summed E-state index contributed by atoms with van der Waals surface area (Å²) in [4.78, 5) is 13.9. The van der Waals surface area contributed by atoms with Crippen LogP contribution in [0, 0.1) is 5.82 Å². The van der Waals surface area contributed by atoms with Crippen LogP contribution in [0.25, 0.3) is 0 Å². The summed E-state index contributed by atoms with van der Waals surface area (Å²) >= 11 is 0. The topological polar surface area (TPSA) is 48.0 Å². The molecule has 2 aliphatic heterocycles. The van der Waals surface area contributed by atoms with Crippen LogP contribution in [-0.2, 0) is 25.3 Å². The van der Waals surface area contributed by atoms with Gasteiger partial charge in [-0.1, -0.05) is 18.7 Å². The Morgan fingerprint density at radius 1 is 1.38 bits per heavy atom. The van der Waals surface area contributed by atoms with Gasteiger partial charge in [0.2, 0.25) is 5.91 Å². The third-order valence-electron chi connectivity index (χ3n) is 4.38. The van der Waals surface area contributed by atoms with Crippen molar-refractivity contribution in [3.05, 3.63) is 41.9 Å². The fourth-order valence-electron chi connectivity index (χ4n) is 2.71. The number of rotatable bonds is 3. The first-order chi connectivity index (χ1) is 11.4. The van der Waals surface area contributed by atoms with E-state index in [2.05, 4.69) is 6.58 Å². The number of hydrogen-bond acceptors (Lipinski definition) is 4. The average Bonchev–Trinajstić information content (AvgIpc) is 2.83. The molecule has 0 spiro atoms. The molecule has 5 nitrogen and oxygen atoms in total. The van der Waals surface area contributed by atoms with E-state index in [1.807, 2.05) is 13.8 Å². The van der Waals surface area contributed by atoms with E-state index in [0.717, 1.165) is 0 Å². The van der Waals surface area contributed by atoms with E-state index in [1.165, 1.54) is 6.07 Å². The zero-order valence-corrected chi connectivity index (χ0v) is 14.0. The Kier molecular flexibility index (Phi) is 4.65. The maximum absolute atomic E-state index is 14.4. The maximum Gasteiger partial charge on any atom is 0.563 e. The molecule has 1 aromatic carbocycles. The predicted molar refractivity (Wildman–Crippen MR) is 88.3 cm³/mol. The summed E-state index contributed by atoms with van der Waals surface area (Å²) in [5, 5.41) is 0. The first-order valence-corrected chi connectivity index (χ1v) is 8.04. The predicted octanol–water partition coefficient (Wildman–Crippen LogP) is 1.26. The van der Waals surface area contributed by atoms with Crippen LogP contribution < -0.4 is 5.46 Å². The molecular formula is C17H21BFNO4. The van der Waals surface area contributed by atoms with Crippen LogP contribution >= 0.6 is 0 Å². The van der Waals surface area contributed by atoms with Gasteiger partial charge in [0, 0.05) is 13.1 Å². The average molecular weight is 333 g/mol. The molecule has 0 N–H and O–H groups in total. The Morgan fingerprint density at radius 2 is 2.08 bits per heavy atom. The van der Waals surface area contributed by atoms with Crippen molar-refractivity contribution in [2.24, 2.45) is 0 Å². The zero-order chi connectivity index (χ0) is 17.3. The molecular weight excluding hydrogens is 312 g/mol. The second kappa shape index (κ2) is 6.57. The highest BCUT2D eigenvalue weighted by Gasteiger charge is 2.43. The lowest BCUT2D eigenvalue weighted by Gasteiger charge is -2.27. The molecule has 2 heterocycles. The molecule has 2 fully saturated rings. The molecule has 128 valence electrons. The van der Waals surface area contributed by atoms with Crippen molar-refractivity contribution in [2.75, 3.05) is 26.3 Å². The summed E-state index contributed by atoms with van der Waals surface area (Å²) in [7, 11) is -0.675. The van der Waals surface area contributed by atoms with Crippen molar-refractivity contribution >= 4 is 18.5 Å². The summed E-state index contributed by atoms with van der Waals surface area (Å²) < 4.78 is 30.9. The lowest BCUT2D eigenvalue weighted by Crippen LogP contribution is -2.41. The summed E-state index contributed by atoms with van der Waals surface area (Å²) in [6, 6.07) is 4.70. The van der Waals surface area contributed by atoms with Crippen molar-refractivity contribution < 1.29 is 23.2 Å². The van der Waals surface area contributed by atoms with Gasteiger partial charge in [0.15, 0.2) is 0 Å². The summed E-state index contributed by atoms with van der Waals surface area (Å²) in [6.45, 7) is 9.68. The number of carbonyl (C=O) groups is 1. The van der Waals surface area contributed by atoms with E-state index in [1.54, 1.807) is 17.0 Å². The van der Waals surface area contributed by atoms with Crippen LogP contribution in [0.15, 0.2) is 30.5 Å². The molecule has 0 atom stereocenters. The SMILES string of the molecule is C=C1OB(c2ccc(CC(=O)N3CCOCC3)c(F)c2)OC1(C)C. The minimum absolute atomic E-state index is 0.0384. The molecule has 2 aliphatic rings. The van der Waals surface area contributed by atoms with E-state index in [-0.39, 0.29) is 12.3 Å². The molecule has 1 amide bonds. The molecule has 0 bridgehead atoms. The van der Waals surface area contributed by atoms with E-state index in [4.69, 9.17) is 14.0 Å². The van der Waals surface area contributed by atoms with Gasteiger partial charge in [-0.2, -0.15) is 0 Å². The van der Waals surface area contributed by atoms with Crippen molar-refractivity contribution in [1.29, 1.82) is 0 Å². The molecule has 0 aromatic heterocycles. The van der Waals surface area contributed by atoms with Crippen LogP contribution in [0.2, 0.25) is 0 Å². The second-order valence-corrected chi connectivity index (χ2v) is 6.52. The molecule has 3 rings (SSSR count). The normalized spacial score (nSPS) is 20.2. The number of nitrogens with zero attached hydrogens (tertiary/aromatic N) is 1. The van der Waals surface area contributed by atoms with Crippen molar-refractivity contribution in [3.63, 3.8) is 0 Å². The molecule has 1 aromatic rings. The van der Waals surface area contributed by atoms with Crippen molar-refractivity contribution in [3.8, 4) is 0 Å². The largest absolute Gasteiger partial charge is 0.563 e. The number of carbonyl (C=O) groups excluding carboxylic acids is 1. The van der Waals surface area contributed by atoms with Crippen LogP contribution in [0.4, 0.5) is 4.39 Å². The highest BCUT2D eigenvalue weighted by Crippen LogP contribution is 2.29. The molecule has 0 radical (unpaired) electrons. The Balaban J connectivity index is 1.69. The van der Waals surface area contributed by atoms with Crippen molar-refractivity contribution in [1.82, 2.24) is 4.90 Å². The van der Waals surface area contributed by atoms with Gasteiger partial charge >= 0.3 is 7.12 Å². The van der Waals surface area contributed by atoms with E-state index in [9.17, 15) is 9.18 Å². The smallest absolute Gasteiger partial charge is 0.534 e. The van der Waals surface area contributed by atoms with Gasteiger partial charge in [0.25, 0.3) is 0 Å². The number of amides is 1. The summed E-state index contributed by atoms with van der Waals surface area (Å²) in [5.74, 6) is -0.0102. The van der Waals surface area contributed by atoms with Gasteiger partial charge in [-0.05, 0) is 30.9 Å². The maximum atomic E-state index is 14.4. The number of benzene rings is 1. The zero-order valence-electron chi connectivity index (χ0n) is 14.0. The Morgan fingerprint density at radius 3 is 2.67 bits per heavy atom. The van der Waals surface area contributed by atoms with E-state index in [0.29, 0.717) is 43.1 Å². The van der Waals surface area contributed by atoms with Gasteiger partial charge in [0.1, 0.15) is 11.4 Å². The minimum Gasteiger partial charge on any atom is -0.534 e. The van der Waals surface area contributed by atoms with E-state index >= 15 is 0 Å². The lowest BCUT2D eigenvalue weighted by atomic mass is 9.78. The molecule has 24 heavy (non-hydrogen) atoms. The van der Waals surface area contributed by atoms with Gasteiger partial charge < -0.3 is 18.9 Å². The first-order valence-electron chi connectivity index (χ1n) is 8.04. The fraction of sp³-hybridized carbons (Fsp3) is 0.471. The standard InChI is InChI=1S/C17H21BFNO4/c1-12-17(2,3)24-18(23-12)14-5-4-13(15(19)11-14)10-16(21)20-6-8-22-9-7-20/h4-5,11H,1,6-10H2,2-3H3. The highest BCUT2D eigenvalue weighted by molar-refractivity contribution is 6.62. The number of ether oxygens (including phenoxy) is 1. The minimum atomic E-state index is -0.675. The second-order valence-electron chi connectivity index (χ2n) is 6.52. The van der Waals surface area contributed by atoms with Gasteiger partial charge in [-0.25, -0.2) is 4.39 Å². The Hall–Kier alpha value is -1.86. The Bertz CT molecular complexity index is 658. The third kappa shape index (κ3) is 3.47. The summed E-state index contributed by atoms with van der Waals surface area (Å²) in [5.41, 5.74) is 0.333. The van der Waals surface area contributed by atoms with Crippen LogP contribution in [0.5, 0.6) is 0 Å². The number of halogens is 1. The third-order valence-corrected chi connectivity index (χ3v) is 4.38. The number of morpholine rings is 1. The molecule has 7 heteroatoms. The molecule has 0 unspecified atom stereocenters. The van der Waals surface area contributed by atoms with Crippen LogP contribution in [0.3, 0.4) is 0 Å². The van der Waals surface area contributed by atoms with Gasteiger partial charge in [0.05, 0.1) is 25.4 Å². The van der Waals surface area contributed by atoms with E-state index < -0.39 is 18.5 Å². The molecule has 0 saturated carbocycles. The quantitative estimate of drug-likeness (QED) is 0.782. The number of hydrogen-bond donors (Lipinski definition) is 0. The summed E-state index contributed by atoms with van der Waals surface area (Å²) in [6.07, 6.45) is 0.0384. The highest BCUT2D eigenvalue weighted by atomic mass is 19.1. The lowest BCUT2D eigenvalue weighted by molar-refractivity contribution is -0.134. The Labute approximate surface area is 141 Å². The van der Waals surface area contributed by atoms with Crippen LogP contribution in [-0.4, -0.2) is 49.8 Å². The van der Waals surface area contributed by atoms with Gasteiger partial charge in [-0.15, -0.1) is 0 Å². The molecule has 0 aliphatic carbocycles. The van der Waals surface area contributed by atoms with Gasteiger partial charge in [-0.3, -0.25) is 4.79 Å². The van der Waals surface area contributed by atoms with Crippen molar-refractivity contribution in [2.45, 2.75) is 25.9 Å². The molecule has 2 saturated heterocycles. The van der Waals surface area contributed by atoms with Crippen LogP contribution in [0.1, 0.15) is 19.4 Å². The fourth-order valence-corrected chi connectivity index (χ4v) is 2.71.